The molecule has 2 aromatic rings. The van der Waals surface area contributed by atoms with Gasteiger partial charge in [-0.3, -0.25) is 4.79 Å². The molecule has 1 aromatic carbocycles. The van der Waals surface area contributed by atoms with E-state index >= 15 is 0 Å². The monoisotopic (exact) mass is 471 g/mol. The van der Waals surface area contributed by atoms with Gasteiger partial charge in [0.25, 0.3) is 0 Å². The third-order valence-corrected chi connectivity index (χ3v) is 4.14. The third kappa shape index (κ3) is 6.86. The minimum absolute atomic E-state index is 0. The highest BCUT2D eigenvalue weighted by molar-refractivity contribution is 14.0. The minimum Gasteiger partial charge on any atom is -0.358 e. The highest BCUT2D eigenvalue weighted by atomic mass is 127. The first kappa shape index (κ1) is 22.3. The van der Waals surface area contributed by atoms with Gasteiger partial charge in [-0.15, -0.1) is 24.0 Å². The molecule has 0 saturated carbocycles. The molecule has 6 nitrogen and oxygen atoms in total. The Morgan fingerprint density at radius 1 is 1.31 bits per heavy atom. The summed E-state index contributed by atoms with van der Waals surface area (Å²) in [5, 5.41) is 7.87. The van der Waals surface area contributed by atoms with E-state index in [2.05, 4.69) is 52.7 Å². The van der Waals surface area contributed by atoms with Crippen LogP contribution in [0.3, 0.4) is 0 Å². The zero-order chi connectivity index (χ0) is 18.2. The van der Waals surface area contributed by atoms with E-state index in [0.29, 0.717) is 12.0 Å². The van der Waals surface area contributed by atoms with Crippen LogP contribution in [0, 0.1) is 0 Å². The highest BCUT2D eigenvalue weighted by Crippen LogP contribution is 2.14. The van der Waals surface area contributed by atoms with Gasteiger partial charge in [-0.05, 0) is 30.9 Å². The van der Waals surface area contributed by atoms with Crippen molar-refractivity contribution in [2.75, 3.05) is 27.2 Å². The van der Waals surface area contributed by atoms with Gasteiger partial charge in [0.05, 0.1) is 0 Å². The van der Waals surface area contributed by atoms with E-state index in [1.54, 1.807) is 19.0 Å². The second-order valence-electron chi connectivity index (χ2n) is 6.47. The highest BCUT2D eigenvalue weighted by Gasteiger charge is 2.07. The molecule has 0 bridgehead atoms. The van der Waals surface area contributed by atoms with E-state index in [0.717, 1.165) is 24.9 Å². The molecule has 1 heterocycles. The maximum Gasteiger partial charge on any atom is 0.243 e. The Balaban J connectivity index is 0.00000338. The summed E-state index contributed by atoms with van der Waals surface area (Å²) in [6.07, 6.45) is 1.85. The number of benzene rings is 1. The first-order chi connectivity index (χ1) is 12.0. The van der Waals surface area contributed by atoms with Crippen molar-refractivity contribution in [2.45, 2.75) is 32.7 Å². The van der Waals surface area contributed by atoms with Crippen LogP contribution in [0.4, 0.5) is 0 Å². The summed E-state index contributed by atoms with van der Waals surface area (Å²) >= 11 is 0. The number of carbonyl (C=O) groups is 1. The average Bonchev–Trinajstić information content (AvgIpc) is 3.01. The molecule has 0 aliphatic rings. The number of para-hydroxylation sites is 1. The van der Waals surface area contributed by atoms with Gasteiger partial charge in [-0.25, -0.2) is 4.99 Å². The number of halogens is 1. The van der Waals surface area contributed by atoms with Crippen molar-refractivity contribution in [1.29, 1.82) is 0 Å². The Kier molecular flexibility index (Phi) is 9.47. The Morgan fingerprint density at radius 2 is 2.04 bits per heavy atom. The third-order valence-electron chi connectivity index (χ3n) is 4.14. The molecule has 2 rings (SSSR count). The van der Waals surface area contributed by atoms with Crippen LogP contribution in [-0.2, 0) is 11.2 Å². The number of H-pyrrole nitrogens is 1. The van der Waals surface area contributed by atoms with E-state index in [4.69, 9.17) is 0 Å². The number of guanidine groups is 1. The predicted octanol–water partition coefficient (Wildman–Crippen LogP) is 2.75. The van der Waals surface area contributed by atoms with Crippen molar-refractivity contribution in [1.82, 2.24) is 20.5 Å². The van der Waals surface area contributed by atoms with Crippen molar-refractivity contribution in [3.05, 3.63) is 36.0 Å². The number of likely N-dealkylation sites (N-methyl/N-ethyl adjacent to an activating group) is 1. The zero-order valence-electron chi connectivity index (χ0n) is 16.0. The van der Waals surface area contributed by atoms with Crippen molar-refractivity contribution in [3.63, 3.8) is 0 Å². The summed E-state index contributed by atoms with van der Waals surface area (Å²) in [6.45, 7) is 5.10. The summed E-state index contributed by atoms with van der Waals surface area (Å²) in [6, 6.07) is 10.7. The van der Waals surface area contributed by atoms with Crippen molar-refractivity contribution < 1.29 is 4.79 Å². The lowest BCUT2D eigenvalue weighted by molar-refractivity contribution is -0.127. The van der Waals surface area contributed by atoms with E-state index < -0.39 is 0 Å². The van der Waals surface area contributed by atoms with Crippen LogP contribution in [0.5, 0.6) is 0 Å². The first-order valence-electron chi connectivity index (χ1n) is 8.81. The second-order valence-corrected chi connectivity index (χ2v) is 6.47. The van der Waals surface area contributed by atoms with Gasteiger partial charge in [-0.1, -0.05) is 25.1 Å². The first-order valence-corrected chi connectivity index (χ1v) is 8.81. The topological polar surface area (TPSA) is 72.5 Å². The van der Waals surface area contributed by atoms with Crippen molar-refractivity contribution in [2.24, 2.45) is 4.99 Å². The standard InChI is InChI=1S/C19H29N5O.HI/c1-5-14(2)22-19(21-13-18(25)24(3)4)20-11-10-16-12-15-8-6-7-9-17(15)23-16;/h6-9,12,14,23H,5,10-11,13H2,1-4H3,(H2,20,21,22);1H. The van der Waals surface area contributed by atoms with Crippen LogP contribution in [-0.4, -0.2) is 55.0 Å². The fourth-order valence-corrected chi connectivity index (χ4v) is 2.36. The molecule has 144 valence electrons. The molecular weight excluding hydrogens is 441 g/mol. The molecule has 1 amide bonds. The van der Waals surface area contributed by atoms with Gasteiger partial charge in [0, 0.05) is 44.3 Å². The molecule has 1 atom stereocenters. The van der Waals surface area contributed by atoms with Crippen LogP contribution in [0.2, 0.25) is 0 Å². The molecule has 0 saturated heterocycles. The van der Waals surface area contributed by atoms with Gasteiger partial charge in [0.2, 0.25) is 5.91 Å². The predicted molar refractivity (Wildman–Crippen MR) is 119 cm³/mol. The molecule has 0 fully saturated rings. The summed E-state index contributed by atoms with van der Waals surface area (Å²) < 4.78 is 0. The van der Waals surface area contributed by atoms with Crippen LogP contribution < -0.4 is 10.6 Å². The van der Waals surface area contributed by atoms with E-state index in [-0.39, 0.29) is 36.4 Å². The largest absolute Gasteiger partial charge is 0.358 e. The van der Waals surface area contributed by atoms with Gasteiger partial charge < -0.3 is 20.5 Å². The van der Waals surface area contributed by atoms with E-state index in [1.807, 2.05) is 12.1 Å². The maximum atomic E-state index is 11.8. The maximum absolute atomic E-state index is 11.8. The molecular formula is C19H30IN5O. The molecule has 0 spiro atoms. The minimum atomic E-state index is -0.0131. The number of carbonyl (C=O) groups excluding carboxylic acids is 1. The Bertz CT molecular complexity index is 693. The smallest absolute Gasteiger partial charge is 0.243 e. The summed E-state index contributed by atoms with van der Waals surface area (Å²) in [7, 11) is 3.48. The molecule has 0 radical (unpaired) electrons. The van der Waals surface area contributed by atoms with Crippen molar-refractivity contribution >= 4 is 46.7 Å². The lowest BCUT2D eigenvalue weighted by atomic mass is 10.2. The average molecular weight is 471 g/mol. The van der Waals surface area contributed by atoms with E-state index in [9.17, 15) is 4.79 Å². The van der Waals surface area contributed by atoms with Crippen LogP contribution in [0.25, 0.3) is 10.9 Å². The Labute approximate surface area is 172 Å². The quantitative estimate of drug-likeness (QED) is 0.331. The number of hydrogen-bond acceptors (Lipinski definition) is 2. The normalized spacial score (nSPS) is 12.4. The summed E-state index contributed by atoms with van der Waals surface area (Å²) in [5.41, 5.74) is 2.33. The fourth-order valence-electron chi connectivity index (χ4n) is 2.36. The van der Waals surface area contributed by atoms with Crippen LogP contribution in [0.1, 0.15) is 26.0 Å². The van der Waals surface area contributed by atoms with Gasteiger partial charge in [-0.2, -0.15) is 0 Å². The van der Waals surface area contributed by atoms with Crippen LogP contribution >= 0.6 is 24.0 Å². The van der Waals surface area contributed by atoms with Gasteiger partial charge >= 0.3 is 0 Å². The lowest BCUT2D eigenvalue weighted by Gasteiger charge is -2.17. The number of amides is 1. The number of aromatic amines is 1. The van der Waals surface area contributed by atoms with Gasteiger partial charge in [0.1, 0.15) is 6.54 Å². The molecule has 1 aromatic heterocycles. The number of nitrogens with zero attached hydrogens (tertiary/aromatic N) is 2. The fraction of sp³-hybridized carbons (Fsp3) is 0.474. The molecule has 0 aliphatic carbocycles. The molecule has 0 aliphatic heterocycles. The molecule has 1 unspecified atom stereocenters. The number of hydrogen-bond donors (Lipinski definition) is 3. The number of aliphatic imine (C=N–C) groups is 1. The number of nitrogens with one attached hydrogen (secondary N) is 3. The summed E-state index contributed by atoms with van der Waals surface area (Å²) in [4.78, 5) is 21.1. The van der Waals surface area contributed by atoms with Gasteiger partial charge in [0.15, 0.2) is 5.96 Å². The van der Waals surface area contributed by atoms with Crippen LogP contribution in [0.15, 0.2) is 35.3 Å². The number of aromatic nitrogens is 1. The summed E-state index contributed by atoms with van der Waals surface area (Å²) in [5.74, 6) is 0.668. The zero-order valence-corrected chi connectivity index (χ0v) is 18.3. The second kappa shape index (κ2) is 11.1. The lowest BCUT2D eigenvalue weighted by Crippen LogP contribution is -2.43. The number of fused-ring (bicyclic) bond motifs is 1. The molecule has 3 N–H and O–H groups in total. The SMILES string of the molecule is CCC(C)NC(=NCC(=O)N(C)C)NCCc1cc2ccccc2[nH]1.I. The number of rotatable bonds is 7. The Morgan fingerprint density at radius 3 is 2.69 bits per heavy atom. The Hall–Kier alpha value is -1.77. The molecule has 7 heteroatoms. The van der Waals surface area contributed by atoms with E-state index in [1.165, 1.54) is 11.1 Å². The molecule has 26 heavy (non-hydrogen) atoms. The van der Waals surface area contributed by atoms with Crippen molar-refractivity contribution in [3.8, 4) is 0 Å².